The number of carbonyl (C=O) groups is 1. The Hall–Kier alpha value is -0.780. The highest BCUT2D eigenvalue weighted by atomic mass is 19.4. The van der Waals surface area contributed by atoms with Gasteiger partial charge in [-0.25, -0.2) is 0 Å². The molecule has 6 heteroatoms. The van der Waals surface area contributed by atoms with Crippen molar-refractivity contribution in [3.05, 3.63) is 0 Å². The van der Waals surface area contributed by atoms with Gasteiger partial charge < -0.3 is 10.0 Å². The van der Waals surface area contributed by atoms with E-state index in [1.165, 1.54) is 0 Å². The third kappa shape index (κ3) is 8.01. The third-order valence-corrected chi connectivity index (χ3v) is 2.79. The molecule has 0 saturated heterocycles. The van der Waals surface area contributed by atoms with Gasteiger partial charge in [0.15, 0.2) is 0 Å². The van der Waals surface area contributed by atoms with Crippen molar-refractivity contribution in [2.45, 2.75) is 38.3 Å². The Kier molecular flexibility index (Phi) is 5.24. The normalized spacial score (nSPS) is 16.5. The summed E-state index contributed by atoms with van der Waals surface area (Å²) in [5, 5.41) is 8.48. The molecule has 1 aliphatic rings. The molecule has 1 aliphatic carbocycles. The van der Waals surface area contributed by atoms with E-state index >= 15 is 0 Å². The Labute approximate surface area is 98.6 Å². The van der Waals surface area contributed by atoms with Gasteiger partial charge in [-0.15, -0.1) is 0 Å². The summed E-state index contributed by atoms with van der Waals surface area (Å²) < 4.78 is 36.3. The minimum absolute atomic E-state index is 0.0143. The number of rotatable bonds is 8. The van der Waals surface area contributed by atoms with Crippen LogP contribution in [0.3, 0.4) is 0 Å². The Morgan fingerprint density at radius 2 is 1.94 bits per heavy atom. The van der Waals surface area contributed by atoms with E-state index in [0.29, 0.717) is 25.4 Å². The van der Waals surface area contributed by atoms with Gasteiger partial charge in [-0.2, -0.15) is 13.2 Å². The van der Waals surface area contributed by atoms with Gasteiger partial charge in [0.05, 0.1) is 6.42 Å². The fourth-order valence-electron chi connectivity index (χ4n) is 1.70. The van der Waals surface area contributed by atoms with E-state index in [1.807, 2.05) is 0 Å². The molecule has 0 radical (unpaired) electrons. The maximum atomic E-state index is 12.1. The van der Waals surface area contributed by atoms with Crippen LogP contribution in [0.4, 0.5) is 13.2 Å². The van der Waals surface area contributed by atoms with Crippen molar-refractivity contribution >= 4 is 5.97 Å². The van der Waals surface area contributed by atoms with E-state index in [2.05, 4.69) is 0 Å². The predicted molar refractivity (Wildman–Crippen MR) is 56.7 cm³/mol. The van der Waals surface area contributed by atoms with Crippen molar-refractivity contribution in [1.82, 2.24) is 4.90 Å². The zero-order chi connectivity index (χ0) is 12.9. The molecule has 0 bridgehead atoms. The van der Waals surface area contributed by atoms with E-state index in [1.54, 1.807) is 4.90 Å². The first kappa shape index (κ1) is 14.3. The number of hydrogen-bond acceptors (Lipinski definition) is 2. The average molecular weight is 253 g/mol. The van der Waals surface area contributed by atoms with Crippen molar-refractivity contribution < 1.29 is 23.1 Å². The summed E-state index contributed by atoms with van der Waals surface area (Å²) in [5.74, 6) is -0.375. The van der Waals surface area contributed by atoms with Gasteiger partial charge in [0, 0.05) is 19.5 Å². The van der Waals surface area contributed by atoms with Crippen LogP contribution in [-0.2, 0) is 4.79 Å². The zero-order valence-electron chi connectivity index (χ0n) is 9.67. The molecule has 0 amide bonds. The quantitative estimate of drug-likeness (QED) is 0.722. The van der Waals surface area contributed by atoms with Crippen LogP contribution in [0, 0.1) is 5.92 Å². The summed E-state index contributed by atoms with van der Waals surface area (Å²) in [5.41, 5.74) is 0. The van der Waals surface area contributed by atoms with Crippen LogP contribution in [0.2, 0.25) is 0 Å². The van der Waals surface area contributed by atoms with E-state index in [9.17, 15) is 18.0 Å². The topological polar surface area (TPSA) is 40.5 Å². The van der Waals surface area contributed by atoms with Gasteiger partial charge in [-0.05, 0) is 31.7 Å². The number of nitrogens with zero attached hydrogens (tertiary/aromatic N) is 1. The molecule has 0 aromatic carbocycles. The highest BCUT2D eigenvalue weighted by molar-refractivity contribution is 5.66. The predicted octanol–water partition coefficient (Wildman–Crippen LogP) is 2.52. The van der Waals surface area contributed by atoms with Crippen LogP contribution >= 0.6 is 0 Å². The number of carboxylic acid groups (broad SMARTS) is 1. The maximum Gasteiger partial charge on any atom is 0.390 e. The van der Waals surface area contributed by atoms with Crippen LogP contribution < -0.4 is 0 Å². The van der Waals surface area contributed by atoms with E-state index < -0.39 is 18.6 Å². The molecule has 1 rings (SSSR count). The van der Waals surface area contributed by atoms with E-state index in [0.717, 1.165) is 12.8 Å². The lowest BCUT2D eigenvalue weighted by molar-refractivity contribution is -0.140. The SMILES string of the molecule is O=C(O)CCCN(CCC(F)(F)F)CC1CC1. The van der Waals surface area contributed by atoms with Crippen LogP contribution in [0.25, 0.3) is 0 Å². The summed E-state index contributed by atoms with van der Waals surface area (Å²) in [7, 11) is 0. The van der Waals surface area contributed by atoms with Crippen molar-refractivity contribution in [3.63, 3.8) is 0 Å². The molecule has 0 atom stereocenters. The summed E-state index contributed by atoms with van der Waals surface area (Å²) in [4.78, 5) is 12.1. The lowest BCUT2D eigenvalue weighted by Gasteiger charge is -2.22. The average Bonchev–Trinajstić information content (AvgIpc) is 2.96. The highest BCUT2D eigenvalue weighted by Gasteiger charge is 2.30. The fraction of sp³-hybridized carbons (Fsp3) is 0.909. The molecular formula is C11H18F3NO2. The fourth-order valence-corrected chi connectivity index (χ4v) is 1.70. The minimum atomic E-state index is -4.13. The summed E-state index contributed by atoms with van der Waals surface area (Å²) in [6, 6.07) is 0. The Morgan fingerprint density at radius 3 is 2.41 bits per heavy atom. The minimum Gasteiger partial charge on any atom is -0.481 e. The van der Waals surface area contributed by atoms with Crippen LogP contribution in [-0.4, -0.2) is 41.8 Å². The lowest BCUT2D eigenvalue weighted by Crippen LogP contribution is -2.31. The molecule has 1 saturated carbocycles. The van der Waals surface area contributed by atoms with Gasteiger partial charge in [0.2, 0.25) is 0 Å². The largest absolute Gasteiger partial charge is 0.481 e. The molecule has 100 valence electrons. The summed E-state index contributed by atoms with van der Waals surface area (Å²) >= 11 is 0. The summed E-state index contributed by atoms with van der Waals surface area (Å²) in [6.45, 7) is 1.11. The van der Waals surface area contributed by atoms with Crippen LogP contribution in [0.5, 0.6) is 0 Å². The first-order chi connectivity index (χ1) is 7.87. The number of halogens is 3. The molecule has 1 fully saturated rings. The van der Waals surface area contributed by atoms with E-state index in [4.69, 9.17) is 5.11 Å². The standard InChI is InChI=1S/C11H18F3NO2/c12-11(13,14)5-7-15(8-9-3-4-9)6-1-2-10(16)17/h9H,1-8H2,(H,16,17). The number of aliphatic carboxylic acids is 1. The molecule has 0 spiro atoms. The van der Waals surface area contributed by atoms with Gasteiger partial charge in [-0.1, -0.05) is 0 Å². The number of carboxylic acids is 1. The lowest BCUT2D eigenvalue weighted by atomic mass is 10.2. The maximum absolute atomic E-state index is 12.1. The van der Waals surface area contributed by atoms with Crippen molar-refractivity contribution in [1.29, 1.82) is 0 Å². The van der Waals surface area contributed by atoms with E-state index in [-0.39, 0.29) is 13.0 Å². The third-order valence-electron chi connectivity index (χ3n) is 2.79. The number of alkyl halides is 3. The number of hydrogen-bond donors (Lipinski definition) is 1. The molecular weight excluding hydrogens is 235 g/mol. The smallest absolute Gasteiger partial charge is 0.390 e. The molecule has 0 aliphatic heterocycles. The van der Waals surface area contributed by atoms with Gasteiger partial charge in [0.25, 0.3) is 0 Å². The zero-order valence-corrected chi connectivity index (χ0v) is 9.67. The van der Waals surface area contributed by atoms with Gasteiger partial charge in [-0.3, -0.25) is 4.79 Å². The van der Waals surface area contributed by atoms with Crippen LogP contribution in [0.1, 0.15) is 32.1 Å². The molecule has 0 aromatic heterocycles. The summed E-state index contributed by atoms with van der Waals surface area (Å²) in [6.07, 6.45) is -2.34. The first-order valence-corrected chi connectivity index (χ1v) is 5.88. The van der Waals surface area contributed by atoms with Crippen LogP contribution in [0.15, 0.2) is 0 Å². The second kappa shape index (κ2) is 6.23. The molecule has 0 heterocycles. The van der Waals surface area contributed by atoms with Crippen molar-refractivity contribution in [2.24, 2.45) is 5.92 Å². The second-order valence-corrected chi connectivity index (χ2v) is 4.61. The van der Waals surface area contributed by atoms with Gasteiger partial charge in [0.1, 0.15) is 0 Å². The molecule has 17 heavy (non-hydrogen) atoms. The Morgan fingerprint density at radius 1 is 1.29 bits per heavy atom. The second-order valence-electron chi connectivity index (χ2n) is 4.61. The highest BCUT2D eigenvalue weighted by Crippen LogP contribution is 2.30. The van der Waals surface area contributed by atoms with Crippen molar-refractivity contribution in [3.8, 4) is 0 Å². The monoisotopic (exact) mass is 253 g/mol. The molecule has 1 N–H and O–H groups in total. The first-order valence-electron chi connectivity index (χ1n) is 5.88. The Balaban J connectivity index is 2.23. The molecule has 0 unspecified atom stereocenters. The molecule has 0 aromatic rings. The molecule has 3 nitrogen and oxygen atoms in total. The Bertz CT molecular complexity index is 252. The van der Waals surface area contributed by atoms with Gasteiger partial charge >= 0.3 is 12.1 Å². The van der Waals surface area contributed by atoms with Crippen molar-refractivity contribution in [2.75, 3.05) is 19.6 Å².